The van der Waals surface area contributed by atoms with Crippen molar-refractivity contribution in [1.29, 1.82) is 0 Å². The largest absolute Gasteiger partial charge is 0.462 e. The summed E-state index contributed by atoms with van der Waals surface area (Å²) < 4.78 is 15.5. The van der Waals surface area contributed by atoms with Crippen LogP contribution >= 0.6 is 11.3 Å². The highest BCUT2D eigenvalue weighted by molar-refractivity contribution is 7.20. The van der Waals surface area contributed by atoms with Crippen LogP contribution in [0.2, 0.25) is 0 Å². The topological polar surface area (TPSA) is 114 Å². The number of esters is 1. The Morgan fingerprint density at radius 2 is 2.23 bits per heavy atom. The molecule has 0 spiro atoms. The first kappa shape index (κ1) is 25.2. The third kappa shape index (κ3) is 7.22. The van der Waals surface area contributed by atoms with Gasteiger partial charge in [-0.05, 0) is 25.8 Å². The normalized spacial score (nSPS) is 12.4. The quantitative estimate of drug-likeness (QED) is 0.253. The summed E-state index contributed by atoms with van der Waals surface area (Å²) in [5, 5.41) is 10.7. The van der Waals surface area contributed by atoms with E-state index in [1.165, 1.54) is 0 Å². The highest BCUT2D eigenvalue weighted by Crippen LogP contribution is 2.27. The van der Waals surface area contributed by atoms with Gasteiger partial charge in [0, 0.05) is 26.8 Å². The Morgan fingerprint density at radius 3 is 2.90 bits per heavy atom. The molecule has 2 heterocycles. The van der Waals surface area contributed by atoms with Gasteiger partial charge in [0.25, 0.3) is 5.56 Å². The van der Waals surface area contributed by atoms with Crippen LogP contribution in [-0.2, 0) is 20.8 Å². The van der Waals surface area contributed by atoms with Gasteiger partial charge in [0.15, 0.2) is 0 Å². The summed E-state index contributed by atoms with van der Waals surface area (Å²) in [7, 11) is 1.63. The second kappa shape index (κ2) is 12.7. The molecule has 9 nitrogen and oxygen atoms in total. The van der Waals surface area contributed by atoms with E-state index in [4.69, 9.17) is 14.2 Å². The molecule has 0 saturated heterocycles. The smallest absolute Gasteiger partial charge is 0.348 e. The van der Waals surface area contributed by atoms with E-state index in [1.807, 2.05) is 4.90 Å². The fourth-order valence-corrected chi connectivity index (χ4v) is 4.27. The number of nitrogens with one attached hydrogen (secondary N) is 1. The number of thiophene rings is 1. The maximum atomic E-state index is 12.7. The van der Waals surface area contributed by atoms with Crippen LogP contribution in [0.25, 0.3) is 10.2 Å². The summed E-state index contributed by atoms with van der Waals surface area (Å²) in [6.45, 7) is 9.76. The van der Waals surface area contributed by atoms with E-state index in [1.54, 1.807) is 27.0 Å². The van der Waals surface area contributed by atoms with Crippen LogP contribution in [0.3, 0.4) is 0 Å². The van der Waals surface area contributed by atoms with Crippen molar-refractivity contribution in [2.24, 2.45) is 0 Å². The number of ether oxygens (including phenoxy) is 3. The van der Waals surface area contributed by atoms with E-state index in [0.717, 1.165) is 17.8 Å². The molecule has 1 unspecified atom stereocenters. The second-order valence-corrected chi connectivity index (χ2v) is 8.03. The molecule has 2 N–H and O–H groups in total. The van der Waals surface area contributed by atoms with E-state index in [2.05, 4.69) is 16.5 Å². The Labute approximate surface area is 185 Å². The number of hydrogen-bond acceptors (Lipinski definition) is 9. The molecule has 1 atom stereocenters. The monoisotopic (exact) mass is 453 g/mol. The lowest BCUT2D eigenvalue weighted by molar-refractivity contribution is 0.0225. The van der Waals surface area contributed by atoms with E-state index in [-0.39, 0.29) is 18.8 Å². The van der Waals surface area contributed by atoms with Gasteiger partial charge in [-0.3, -0.25) is 9.69 Å². The number of fused-ring (bicyclic) bond motifs is 1. The zero-order valence-corrected chi connectivity index (χ0v) is 19.1. The van der Waals surface area contributed by atoms with Gasteiger partial charge < -0.3 is 24.3 Å². The van der Waals surface area contributed by atoms with Crippen molar-refractivity contribution in [2.45, 2.75) is 32.9 Å². The molecule has 31 heavy (non-hydrogen) atoms. The van der Waals surface area contributed by atoms with Crippen molar-refractivity contribution < 1.29 is 24.1 Å². The number of methoxy groups -OCH3 is 1. The molecular formula is C21H31N3O6S. The van der Waals surface area contributed by atoms with Crippen LogP contribution in [0.1, 0.15) is 34.4 Å². The van der Waals surface area contributed by atoms with Crippen molar-refractivity contribution in [3.05, 3.63) is 39.3 Å². The Kier molecular flexibility index (Phi) is 10.3. The lowest BCUT2D eigenvalue weighted by Gasteiger charge is -2.24. The zero-order valence-electron chi connectivity index (χ0n) is 18.3. The fourth-order valence-electron chi connectivity index (χ4n) is 3.17. The first-order chi connectivity index (χ1) is 14.9. The number of aliphatic hydroxyl groups is 1. The van der Waals surface area contributed by atoms with Crippen LogP contribution in [0.5, 0.6) is 0 Å². The van der Waals surface area contributed by atoms with Gasteiger partial charge in [-0.15, -0.1) is 17.9 Å². The number of nitrogens with zero attached hydrogens (tertiary/aromatic N) is 2. The number of aryl methyl sites for hydroxylation is 1. The Morgan fingerprint density at radius 1 is 1.45 bits per heavy atom. The van der Waals surface area contributed by atoms with E-state index in [0.29, 0.717) is 59.3 Å². The van der Waals surface area contributed by atoms with E-state index in [9.17, 15) is 14.7 Å². The van der Waals surface area contributed by atoms with Gasteiger partial charge in [0.2, 0.25) is 0 Å². The van der Waals surface area contributed by atoms with Crippen LogP contribution in [0.4, 0.5) is 0 Å². The molecule has 0 amide bonds. The highest BCUT2D eigenvalue weighted by atomic mass is 32.1. The Balaban J connectivity index is 2.22. The van der Waals surface area contributed by atoms with Gasteiger partial charge in [-0.2, -0.15) is 0 Å². The molecule has 172 valence electrons. The second-order valence-electron chi connectivity index (χ2n) is 7.03. The average Bonchev–Trinajstić information content (AvgIpc) is 3.05. The van der Waals surface area contributed by atoms with Crippen molar-refractivity contribution in [3.63, 3.8) is 0 Å². The summed E-state index contributed by atoms with van der Waals surface area (Å²) in [4.78, 5) is 35.1. The van der Waals surface area contributed by atoms with Gasteiger partial charge in [0.05, 0.1) is 37.9 Å². The highest BCUT2D eigenvalue weighted by Gasteiger charge is 2.21. The molecule has 0 aliphatic carbocycles. The molecule has 2 aromatic rings. The number of H-pyrrole nitrogens is 1. The third-order valence-corrected chi connectivity index (χ3v) is 5.69. The van der Waals surface area contributed by atoms with Crippen molar-refractivity contribution in [1.82, 2.24) is 14.9 Å². The number of carbonyl (C=O) groups excluding carboxylic acids is 1. The molecule has 0 aromatic carbocycles. The van der Waals surface area contributed by atoms with Gasteiger partial charge in [-0.1, -0.05) is 6.08 Å². The fraction of sp³-hybridized carbons (Fsp3) is 0.571. The lowest BCUT2D eigenvalue weighted by Crippen LogP contribution is -2.36. The van der Waals surface area contributed by atoms with Crippen molar-refractivity contribution in [2.75, 3.05) is 46.6 Å². The number of aromatic amines is 1. The molecule has 0 bridgehead atoms. The minimum atomic E-state index is -0.697. The molecule has 2 aromatic heterocycles. The van der Waals surface area contributed by atoms with Crippen LogP contribution in [-0.4, -0.2) is 78.7 Å². The summed E-state index contributed by atoms with van der Waals surface area (Å²) in [6.07, 6.45) is 1.69. The standard InChI is InChI=1S/C21H31N3O6S/c1-5-9-29-13-15(25)11-24(8-7-10-28-4)12-16-22-19(26)17-14(3)18(21(27)30-6-2)31-20(17)23-16/h5,15,25H,1,6-13H2,2-4H3,(H,22,23,26). The predicted molar refractivity (Wildman–Crippen MR) is 120 cm³/mol. The maximum Gasteiger partial charge on any atom is 0.348 e. The van der Waals surface area contributed by atoms with Crippen LogP contribution in [0.15, 0.2) is 17.4 Å². The van der Waals surface area contributed by atoms with E-state index < -0.39 is 12.1 Å². The van der Waals surface area contributed by atoms with Crippen molar-refractivity contribution >= 4 is 27.5 Å². The molecule has 0 saturated carbocycles. The summed E-state index contributed by atoms with van der Waals surface area (Å²) in [6, 6.07) is 0. The molecule has 0 fully saturated rings. The zero-order chi connectivity index (χ0) is 22.8. The number of aliphatic hydroxyl groups excluding tert-OH is 1. The first-order valence-corrected chi connectivity index (χ1v) is 11.0. The van der Waals surface area contributed by atoms with Gasteiger partial charge >= 0.3 is 5.97 Å². The summed E-state index contributed by atoms with van der Waals surface area (Å²) in [5.74, 6) is 0.0126. The number of carbonyl (C=O) groups is 1. The molecule has 0 aliphatic heterocycles. The Hall–Kier alpha value is -2.11. The molecular weight excluding hydrogens is 422 g/mol. The summed E-state index contributed by atoms with van der Waals surface area (Å²) >= 11 is 1.15. The van der Waals surface area contributed by atoms with Crippen LogP contribution < -0.4 is 5.56 Å². The predicted octanol–water partition coefficient (Wildman–Crippen LogP) is 1.87. The molecule has 2 rings (SSSR count). The number of hydrogen-bond donors (Lipinski definition) is 2. The molecule has 0 radical (unpaired) electrons. The molecule has 10 heteroatoms. The van der Waals surface area contributed by atoms with Gasteiger partial charge in [-0.25, -0.2) is 9.78 Å². The maximum absolute atomic E-state index is 12.7. The van der Waals surface area contributed by atoms with Crippen molar-refractivity contribution in [3.8, 4) is 0 Å². The Bertz CT molecular complexity index is 926. The van der Waals surface area contributed by atoms with Crippen LogP contribution in [0, 0.1) is 6.92 Å². The van der Waals surface area contributed by atoms with E-state index >= 15 is 0 Å². The third-order valence-electron chi connectivity index (χ3n) is 4.52. The van der Waals surface area contributed by atoms with Gasteiger partial charge in [0.1, 0.15) is 15.5 Å². The summed E-state index contributed by atoms with van der Waals surface area (Å²) in [5.41, 5.74) is 0.279. The molecule has 0 aliphatic rings. The average molecular weight is 454 g/mol. The lowest BCUT2D eigenvalue weighted by atomic mass is 10.2. The minimum absolute atomic E-state index is 0.183. The number of aromatic nitrogens is 2. The minimum Gasteiger partial charge on any atom is -0.462 e. The number of rotatable bonds is 14. The first-order valence-electron chi connectivity index (χ1n) is 10.2. The SMILES string of the molecule is C=CCOCC(O)CN(CCCOC)Cc1nc2sc(C(=O)OCC)c(C)c2c(=O)[nH]1.